The Bertz CT molecular complexity index is 1330. The smallest absolute Gasteiger partial charge is 0.0484 e. The topological polar surface area (TPSA) is 12.0 Å². The van der Waals surface area contributed by atoms with Crippen molar-refractivity contribution in [2.24, 2.45) is 0 Å². The van der Waals surface area contributed by atoms with Gasteiger partial charge in [0.1, 0.15) is 0 Å². The van der Waals surface area contributed by atoms with Crippen LogP contribution in [0.3, 0.4) is 0 Å². The molecule has 0 aliphatic carbocycles. The Labute approximate surface area is 181 Å². The first-order valence-corrected chi connectivity index (χ1v) is 10.4. The number of benzene rings is 5. The van der Waals surface area contributed by atoms with Crippen molar-refractivity contribution >= 4 is 33.7 Å². The highest BCUT2D eigenvalue weighted by atomic mass is 35.5. The van der Waals surface area contributed by atoms with Crippen LogP contribution in [0.2, 0.25) is 5.02 Å². The van der Waals surface area contributed by atoms with Crippen LogP contribution >= 0.6 is 11.6 Å². The van der Waals surface area contributed by atoms with Gasteiger partial charge in [0.2, 0.25) is 0 Å². The number of halogens is 1. The normalized spacial score (nSPS) is 10.8. The molecule has 0 aliphatic rings. The van der Waals surface area contributed by atoms with Crippen molar-refractivity contribution in [2.45, 2.75) is 0 Å². The summed E-state index contributed by atoms with van der Waals surface area (Å²) in [6, 6.07) is 39.7. The zero-order valence-electron chi connectivity index (χ0n) is 16.3. The molecular formula is C28H20ClN. The Morgan fingerprint density at radius 1 is 0.567 bits per heavy atom. The monoisotopic (exact) mass is 405 g/mol. The minimum Gasteiger partial charge on any atom is -0.355 e. The fourth-order valence-electron chi connectivity index (χ4n) is 3.91. The Morgan fingerprint density at radius 3 is 2.17 bits per heavy atom. The Balaban J connectivity index is 1.62. The molecule has 5 aromatic rings. The number of fused-ring (bicyclic) bond motifs is 1. The molecule has 0 radical (unpaired) electrons. The van der Waals surface area contributed by atoms with E-state index >= 15 is 0 Å². The molecule has 0 heterocycles. The van der Waals surface area contributed by atoms with Crippen LogP contribution in [0.4, 0.5) is 11.4 Å². The van der Waals surface area contributed by atoms with Gasteiger partial charge in [0.25, 0.3) is 0 Å². The Hall–Kier alpha value is -3.55. The molecule has 0 spiro atoms. The van der Waals surface area contributed by atoms with Crippen LogP contribution in [0.25, 0.3) is 33.0 Å². The maximum absolute atomic E-state index is 6.42. The van der Waals surface area contributed by atoms with Gasteiger partial charge in [0.15, 0.2) is 0 Å². The number of rotatable bonds is 4. The van der Waals surface area contributed by atoms with E-state index in [1.165, 1.54) is 21.9 Å². The summed E-state index contributed by atoms with van der Waals surface area (Å²) >= 11 is 6.42. The molecule has 0 aliphatic heterocycles. The first-order valence-electron chi connectivity index (χ1n) is 9.99. The maximum Gasteiger partial charge on any atom is 0.0484 e. The summed E-state index contributed by atoms with van der Waals surface area (Å²) in [6.07, 6.45) is 0. The van der Waals surface area contributed by atoms with Gasteiger partial charge in [-0.25, -0.2) is 0 Å². The number of hydrogen-bond donors (Lipinski definition) is 1. The molecule has 0 amide bonds. The molecule has 0 fully saturated rings. The molecule has 1 nitrogen and oxygen atoms in total. The average molecular weight is 406 g/mol. The van der Waals surface area contributed by atoms with E-state index in [-0.39, 0.29) is 0 Å². The summed E-state index contributed by atoms with van der Waals surface area (Å²) in [5.74, 6) is 0. The average Bonchev–Trinajstić information content (AvgIpc) is 2.80. The van der Waals surface area contributed by atoms with E-state index in [0.29, 0.717) is 0 Å². The van der Waals surface area contributed by atoms with Crippen LogP contribution < -0.4 is 5.32 Å². The molecule has 0 unspecified atom stereocenters. The summed E-state index contributed by atoms with van der Waals surface area (Å²) in [5, 5.41) is 6.87. The summed E-state index contributed by atoms with van der Waals surface area (Å²) < 4.78 is 0. The lowest BCUT2D eigenvalue weighted by atomic mass is 9.96. The van der Waals surface area contributed by atoms with E-state index < -0.39 is 0 Å². The molecule has 0 saturated heterocycles. The molecule has 0 bridgehead atoms. The summed E-state index contributed by atoms with van der Waals surface area (Å²) in [4.78, 5) is 0. The van der Waals surface area contributed by atoms with Crippen molar-refractivity contribution in [3.63, 3.8) is 0 Å². The molecule has 1 N–H and O–H groups in total. The van der Waals surface area contributed by atoms with Crippen molar-refractivity contribution in [3.8, 4) is 22.3 Å². The summed E-state index contributed by atoms with van der Waals surface area (Å²) in [7, 11) is 0. The van der Waals surface area contributed by atoms with Gasteiger partial charge in [0, 0.05) is 27.5 Å². The molecule has 2 heteroatoms. The maximum atomic E-state index is 6.42. The second kappa shape index (κ2) is 8.06. The van der Waals surface area contributed by atoms with Crippen molar-refractivity contribution < 1.29 is 0 Å². The Morgan fingerprint density at radius 2 is 1.30 bits per heavy atom. The van der Waals surface area contributed by atoms with Crippen molar-refractivity contribution in [2.75, 3.05) is 5.32 Å². The fourth-order valence-corrected chi connectivity index (χ4v) is 4.15. The zero-order valence-corrected chi connectivity index (χ0v) is 17.1. The highest BCUT2D eigenvalue weighted by Crippen LogP contribution is 2.38. The lowest BCUT2D eigenvalue weighted by Gasteiger charge is -2.16. The predicted octanol–water partition coefficient (Wildman–Crippen LogP) is 8.57. The highest BCUT2D eigenvalue weighted by Gasteiger charge is 2.11. The summed E-state index contributed by atoms with van der Waals surface area (Å²) in [6.45, 7) is 0. The van der Waals surface area contributed by atoms with Gasteiger partial charge in [-0.2, -0.15) is 0 Å². The molecule has 30 heavy (non-hydrogen) atoms. The molecular weight excluding hydrogens is 386 g/mol. The highest BCUT2D eigenvalue weighted by molar-refractivity contribution is 6.33. The first-order chi connectivity index (χ1) is 14.8. The minimum atomic E-state index is 0.755. The largest absolute Gasteiger partial charge is 0.355 e. The van der Waals surface area contributed by atoms with Gasteiger partial charge in [-0.05, 0) is 46.2 Å². The number of nitrogens with one attached hydrogen (secondary N) is 1. The van der Waals surface area contributed by atoms with Crippen LogP contribution in [0.15, 0.2) is 115 Å². The van der Waals surface area contributed by atoms with Gasteiger partial charge < -0.3 is 5.32 Å². The summed E-state index contributed by atoms with van der Waals surface area (Å²) in [5.41, 5.74) is 6.63. The van der Waals surface area contributed by atoms with E-state index in [1.807, 2.05) is 24.3 Å². The third-order valence-corrected chi connectivity index (χ3v) is 5.65. The van der Waals surface area contributed by atoms with Gasteiger partial charge in [0.05, 0.1) is 0 Å². The molecule has 0 saturated carbocycles. The Kier molecular flexibility index (Phi) is 4.96. The van der Waals surface area contributed by atoms with Gasteiger partial charge >= 0.3 is 0 Å². The standard InChI is InChI=1S/C28H20ClN/c29-26-16-7-6-14-24(26)22-12-8-13-23(19-22)30-27-18-17-20-9-4-5-15-25(20)28(27)21-10-2-1-3-11-21/h1-19,30H. The number of hydrogen-bond acceptors (Lipinski definition) is 1. The third-order valence-electron chi connectivity index (χ3n) is 5.32. The molecule has 0 atom stereocenters. The van der Waals surface area contributed by atoms with Crippen molar-refractivity contribution in [1.82, 2.24) is 0 Å². The van der Waals surface area contributed by atoms with Gasteiger partial charge in [-0.15, -0.1) is 0 Å². The van der Waals surface area contributed by atoms with Crippen LogP contribution in [-0.4, -0.2) is 0 Å². The predicted molar refractivity (Wildman–Crippen MR) is 130 cm³/mol. The van der Waals surface area contributed by atoms with Crippen LogP contribution in [0.1, 0.15) is 0 Å². The van der Waals surface area contributed by atoms with E-state index in [1.54, 1.807) is 0 Å². The van der Waals surface area contributed by atoms with Crippen LogP contribution in [0.5, 0.6) is 0 Å². The molecule has 5 aromatic carbocycles. The lowest BCUT2D eigenvalue weighted by molar-refractivity contribution is 1.54. The quantitative estimate of drug-likeness (QED) is 0.315. The molecule has 0 aromatic heterocycles. The van der Waals surface area contributed by atoms with E-state index in [2.05, 4.69) is 96.3 Å². The van der Waals surface area contributed by atoms with E-state index in [4.69, 9.17) is 11.6 Å². The second-order valence-corrected chi connectivity index (χ2v) is 7.67. The molecule has 5 rings (SSSR count). The minimum absolute atomic E-state index is 0.755. The third kappa shape index (κ3) is 3.56. The molecule has 144 valence electrons. The van der Waals surface area contributed by atoms with E-state index in [0.717, 1.165) is 27.5 Å². The first kappa shape index (κ1) is 18.5. The van der Waals surface area contributed by atoms with Crippen molar-refractivity contribution in [3.05, 3.63) is 120 Å². The zero-order chi connectivity index (χ0) is 20.3. The fraction of sp³-hybridized carbons (Fsp3) is 0. The van der Waals surface area contributed by atoms with Gasteiger partial charge in [-0.3, -0.25) is 0 Å². The lowest BCUT2D eigenvalue weighted by Crippen LogP contribution is -1.95. The van der Waals surface area contributed by atoms with Crippen molar-refractivity contribution in [1.29, 1.82) is 0 Å². The SMILES string of the molecule is Clc1ccccc1-c1cccc(Nc2ccc3ccccc3c2-c2ccccc2)c1. The second-order valence-electron chi connectivity index (χ2n) is 7.26. The van der Waals surface area contributed by atoms with Gasteiger partial charge in [-0.1, -0.05) is 103 Å². The van der Waals surface area contributed by atoms with Crippen LogP contribution in [0, 0.1) is 0 Å². The van der Waals surface area contributed by atoms with Crippen LogP contribution in [-0.2, 0) is 0 Å². The number of anilines is 2. The van der Waals surface area contributed by atoms with E-state index in [9.17, 15) is 0 Å².